The summed E-state index contributed by atoms with van der Waals surface area (Å²) in [6.45, 7) is 1.19. The Labute approximate surface area is 158 Å². The third-order valence-corrected chi connectivity index (χ3v) is 6.57. The second-order valence-electron chi connectivity index (χ2n) is 7.28. The molecule has 4 rings (SSSR count). The molecule has 1 aromatic carbocycles. The van der Waals surface area contributed by atoms with Crippen molar-refractivity contribution in [3.63, 3.8) is 0 Å². The van der Waals surface area contributed by atoms with Gasteiger partial charge in [0.15, 0.2) is 0 Å². The standard InChI is InChI=1S/C21H23N3OS/c22-15-21(10-4-5-11-21)23-19(25)14-24-12-8-18-17(9-13-26-18)20(24)16-6-2-1-3-7-16/h1-3,6-7,9,13,20H,4-5,8,10-12,14H2,(H,23,25)/t20-/m0/s1. The maximum atomic E-state index is 12.8. The van der Waals surface area contributed by atoms with E-state index in [0.29, 0.717) is 6.54 Å². The zero-order valence-corrected chi connectivity index (χ0v) is 15.6. The molecule has 1 N–H and O–H groups in total. The molecular formula is C21H23N3OS. The first-order valence-corrected chi connectivity index (χ1v) is 10.2. The summed E-state index contributed by atoms with van der Waals surface area (Å²) in [6.07, 6.45) is 4.55. The number of amides is 1. The Morgan fingerprint density at radius 2 is 2.04 bits per heavy atom. The molecule has 0 saturated heterocycles. The second-order valence-corrected chi connectivity index (χ2v) is 8.28. The maximum Gasteiger partial charge on any atom is 0.235 e. The Kier molecular flexibility index (Phi) is 4.80. The van der Waals surface area contributed by atoms with Crippen LogP contribution >= 0.6 is 11.3 Å². The molecule has 1 aliphatic carbocycles. The monoisotopic (exact) mass is 365 g/mol. The fourth-order valence-corrected chi connectivity index (χ4v) is 5.20. The highest BCUT2D eigenvalue weighted by Gasteiger charge is 2.37. The molecule has 4 nitrogen and oxygen atoms in total. The van der Waals surface area contributed by atoms with Gasteiger partial charge in [0, 0.05) is 11.4 Å². The van der Waals surface area contributed by atoms with Crippen LogP contribution in [0, 0.1) is 11.3 Å². The van der Waals surface area contributed by atoms with Gasteiger partial charge in [-0.1, -0.05) is 30.3 Å². The van der Waals surface area contributed by atoms with Crippen molar-refractivity contribution in [3.8, 4) is 6.07 Å². The predicted octanol–water partition coefficient (Wildman–Crippen LogP) is 3.65. The van der Waals surface area contributed by atoms with Gasteiger partial charge in [0.05, 0.1) is 18.7 Å². The Hall–Kier alpha value is -2.16. The van der Waals surface area contributed by atoms with Crippen LogP contribution < -0.4 is 5.32 Å². The van der Waals surface area contributed by atoms with Gasteiger partial charge in [-0.15, -0.1) is 11.3 Å². The first kappa shape index (κ1) is 17.3. The highest BCUT2D eigenvalue weighted by molar-refractivity contribution is 7.10. The zero-order chi connectivity index (χ0) is 18.0. The van der Waals surface area contributed by atoms with Crippen molar-refractivity contribution in [3.05, 3.63) is 57.8 Å². The molecule has 0 bridgehead atoms. The van der Waals surface area contributed by atoms with E-state index in [1.165, 1.54) is 16.0 Å². The van der Waals surface area contributed by atoms with Crippen LogP contribution in [-0.4, -0.2) is 29.4 Å². The normalized spacial score (nSPS) is 21.7. The molecule has 2 aliphatic rings. The number of hydrogen-bond donors (Lipinski definition) is 1. The lowest BCUT2D eigenvalue weighted by atomic mass is 9.93. The second kappa shape index (κ2) is 7.22. The van der Waals surface area contributed by atoms with Crippen molar-refractivity contribution in [2.24, 2.45) is 0 Å². The highest BCUT2D eigenvalue weighted by Crippen LogP contribution is 2.37. The number of thiophene rings is 1. The van der Waals surface area contributed by atoms with Crippen molar-refractivity contribution in [2.75, 3.05) is 13.1 Å². The molecule has 5 heteroatoms. The first-order chi connectivity index (χ1) is 12.7. The quantitative estimate of drug-likeness (QED) is 0.900. The summed E-state index contributed by atoms with van der Waals surface area (Å²) in [5.41, 5.74) is 1.88. The number of fused-ring (bicyclic) bond motifs is 1. The number of rotatable bonds is 4. The van der Waals surface area contributed by atoms with Crippen LogP contribution in [0.5, 0.6) is 0 Å². The van der Waals surface area contributed by atoms with E-state index in [0.717, 1.165) is 38.6 Å². The lowest BCUT2D eigenvalue weighted by Gasteiger charge is -2.36. The number of carbonyl (C=O) groups excluding carboxylic acids is 1. The van der Waals surface area contributed by atoms with E-state index >= 15 is 0 Å². The van der Waals surface area contributed by atoms with Gasteiger partial charge in [0.2, 0.25) is 5.91 Å². The smallest absolute Gasteiger partial charge is 0.235 e. The van der Waals surface area contributed by atoms with Gasteiger partial charge in [-0.3, -0.25) is 9.69 Å². The van der Waals surface area contributed by atoms with E-state index in [4.69, 9.17) is 0 Å². The molecule has 1 amide bonds. The molecule has 0 unspecified atom stereocenters. The summed E-state index contributed by atoms with van der Waals surface area (Å²) in [7, 11) is 0. The van der Waals surface area contributed by atoms with Crippen molar-refractivity contribution in [1.82, 2.24) is 10.2 Å². The largest absolute Gasteiger partial charge is 0.337 e. The van der Waals surface area contributed by atoms with E-state index in [1.807, 2.05) is 6.07 Å². The molecule has 1 atom stereocenters. The van der Waals surface area contributed by atoms with Crippen LogP contribution in [0.3, 0.4) is 0 Å². The van der Waals surface area contributed by atoms with Gasteiger partial charge >= 0.3 is 0 Å². The topological polar surface area (TPSA) is 56.1 Å². The molecule has 0 radical (unpaired) electrons. The lowest BCUT2D eigenvalue weighted by Crippen LogP contribution is -2.50. The summed E-state index contributed by atoms with van der Waals surface area (Å²) >= 11 is 1.80. The fraction of sp³-hybridized carbons (Fsp3) is 0.429. The molecule has 0 spiro atoms. The molecule has 26 heavy (non-hydrogen) atoms. The number of hydrogen-bond acceptors (Lipinski definition) is 4. The van der Waals surface area contributed by atoms with Crippen LogP contribution in [0.25, 0.3) is 0 Å². The Bertz CT molecular complexity index is 817. The molecule has 2 heterocycles. The number of carbonyl (C=O) groups is 1. The molecule has 1 aliphatic heterocycles. The van der Waals surface area contributed by atoms with Gasteiger partial charge in [-0.05, 0) is 54.7 Å². The Morgan fingerprint density at radius 3 is 2.77 bits per heavy atom. The van der Waals surface area contributed by atoms with E-state index < -0.39 is 5.54 Å². The first-order valence-electron chi connectivity index (χ1n) is 9.28. The lowest BCUT2D eigenvalue weighted by molar-refractivity contribution is -0.124. The van der Waals surface area contributed by atoms with E-state index in [9.17, 15) is 10.1 Å². The van der Waals surface area contributed by atoms with E-state index in [-0.39, 0.29) is 11.9 Å². The predicted molar refractivity (Wildman–Crippen MR) is 103 cm³/mol. The SMILES string of the molecule is N#CC1(NC(=O)CN2CCc3sccc3[C@@H]2c2ccccc2)CCCC1. The third kappa shape index (κ3) is 3.27. The highest BCUT2D eigenvalue weighted by atomic mass is 32.1. The van der Waals surface area contributed by atoms with Gasteiger partial charge in [-0.2, -0.15) is 5.26 Å². The van der Waals surface area contributed by atoms with E-state index in [1.54, 1.807) is 11.3 Å². The van der Waals surface area contributed by atoms with Crippen LogP contribution in [0.1, 0.15) is 47.7 Å². The number of nitrogens with one attached hydrogen (secondary N) is 1. The van der Waals surface area contributed by atoms with Crippen molar-refractivity contribution in [2.45, 2.75) is 43.7 Å². The van der Waals surface area contributed by atoms with Gasteiger partial charge in [0.1, 0.15) is 5.54 Å². The average molecular weight is 366 g/mol. The van der Waals surface area contributed by atoms with Crippen LogP contribution in [0.2, 0.25) is 0 Å². The van der Waals surface area contributed by atoms with Crippen LogP contribution in [-0.2, 0) is 11.2 Å². The number of nitriles is 1. The van der Waals surface area contributed by atoms with Crippen molar-refractivity contribution >= 4 is 17.2 Å². The minimum Gasteiger partial charge on any atom is -0.337 e. The van der Waals surface area contributed by atoms with Gasteiger partial charge in [-0.25, -0.2) is 0 Å². The molecule has 1 aromatic heterocycles. The minimum atomic E-state index is -0.650. The van der Waals surface area contributed by atoms with E-state index in [2.05, 4.69) is 52.0 Å². The zero-order valence-electron chi connectivity index (χ0n) is 14.8. The molecular weight excluding hydrogens is 342 g/mol. The van der Waals surface area contributed by atoms with Crippen LogP contribution in [0.15, 0.2) is 41.8 Å². The van der Waals surface area contributed by atoms with Crippen molar-refractivity contribution in [1.29, 1.82) is 5.26 Å². The Balaban J connectivity index is 1.55. The molecule has 1 saturated carbocycles. The molecule has 134 valence electrons. The van der Waals surface area contributed by atoms with Crippen molar-refractivity contribution < 1.29 is 4.79 Å². The summed E-state index contributed by atoms with van der Waals surface area (Å²) in [5.74, 6) is -0.0342. The average Bonchev–Trinajstić information content (AvgIpc) is 3.32. The Morgan fingerprint density at radius 1 is 1.27 bits per heavy atom. The minimum absolute atomic E-state index is 0.0342. The third-order valence-electron chi connectivity index (χ3n) is 5.58. The maximum absolute atomic E-state index is 12.8. The summed E-state index contributed by atoms with van der Waals surface area (Å²) < 4.78 is 0. The summed E-state index contributed by atoms with van der Waals surface area (Å²) in [5, 5.41) is 14.7. The van der Waals surface area contributed by atoms with Crippen LogP contribution in [0.4, 0.5) is 0 Å². The number of benzene rings is 1. The number of nitrogens with zero attached hydrogens (tertiary/aromatic N) is 2. The molecule has 2 aromatic rings. The van der Waals surface area contributed by atoms with Gasteiger partial charge < -0.3 is 5.32 Å². The summed E-state index contributed by atoms with van der Waals surface area (Å²) in [6, 6.07) is 15.0. The van der Waals surface area contributed by atoms with Gasteiger partial charge in [0.25, 0.3) is 0 Å². The fourth-order valence-electron chi connectivity index (χ4n) is 4.30. The molecule has 1 fully saturated rings. The summed E-state index contributed by atoms with van der Waals surface area (Å²) in [4.78, 5) is 16.4.